The summed E-state index contributed by atoms with van der Waals surface area (Å²) in [6, 6.07) is 7.97. The van der Waals surface area contributed by atoms with E-state index in [0.717, 1.165) is 23.7 Å². The topological polar surface area (TPSA) is 29.1 Å². The molecule has 116 valence electrons. The van der Waals surface area contributed by atoms with E-state index in [1.165, 1.54) is 32.1 Å². The van der Waals surface area contributed by atoms with Crippen LogP contribution in [0.15, 0.2) is 24.3 Å². The Hall–Kier alpha value is -1.31. The Labute approximate surface area is 129 Å². The van der Waals surface area contributed by atoms with Crippen molar-refractivity contribution < 1.29 is 4.79 Å². The molecule has 1 saturated carbocycles. The zero-order chi connectivity index (χ0) is 15.3. The minimum absolute atomic E-state index is 0.216. The van der Waals surface area contributed by atoms with Crippen LogP contribution >= 0.6 is 0 Å². The van der Waals surface area contributed by atoms with Crippen LogP contribution in [-0.4, -0.2) is 12.3 Å². The van der Waals surface area contributed by atoms with Gasteiger partial charge in [-0.3, -0.25) is 4.79 Å². The molecule has 0 amide bonds. The van der Waals surface area contributed by atoms with E-state index in [4.69, 9.17) is 0 Å². The molecule has 1 aliphatic rings. The van der Waals surface area contributed by atoms with E-state index >= 15 is 0 Å². The molecule has 2 rings (SSSR count). The summed E-state index contributed by atoms with van der Waals surface area (Å²) in [6.07, 6.45) is 7.34. The third-order valence-corrected chi connectivity index (χ3v) is 4.70. The summed E-state index contributed by atoms with van der Waals surface area (Å²) >= 11 is 0. The molecule has 0 spiro atoms. The van der Waals surface area contributed by atoms with Gasteiger partial charge in [0.25, 0.3) is 0 Å². The molecule has 21 heavy (non-hydrogen) atoms. The first-order chi connectivity index (χ1) is 10.0. The van der Waals surface area contributed by atoms with Crippen molar-refractivity contribution in [2.75, 3.05) is 11.9 Å². The van der Waals surface area contributed by atoms with Crippen molar-refractivity contribution in [2.45, 2.75) is 59.3 Å². The van der Waals surface area contributed by atoms with E-state index in [2.05, 4.69) is 19.2 Å². The fourth-order valence-corrected chi connectivity index (χ4v) is 3.71. The first-order valence-electron chi connectivity index (χ1n) is 8.42. The quantitative estimate of drug-likeness (QED) is 0.690. The highest BCUT2D eigenvalue weighted by molar-refractivity contribution is 5.96. The summed E-state index contributed by atoms with van der Waals surface area (Å²) in [6.45, 7) is 7.62. The molecule has 2 nitrogen and oxygen atoms in total. The largest absolute Gasteiger partial charge is 0.384 e. The van der Waals surface area contributed by atoms with Gasteiger partial charge in [-0.2, -0.15) is 0 Å². The summed E-state index contributed by atoms with van der Waals surface area (Å²) in [7, 11) is 0. The van der Waals surface area contributed by atoms with Gasteiger partial charge in [0.1, 0.15) is 0 Å². The summed E-state index contributed by atoms with van der Waals surface area (Å²) in [4.78, 5) is 11.6. The predicted molar refractivity (Wildman–Crippen MR) is 89.9 cm³/mol. The zero-order valence-corrected chi connectivity index (χ0v) is 13.7. The number of carbonyl (C=O) groups excluding carboxylic acids is 1. The Morgan fingerprint density at radius 1 is 1.19 bits per heavy atom. The van der Waals surface area contributed by atoms with Crippen LogP contribution in [0, 0.1) is 11.3 Å². The van der Waals surface area contributed by atoms with E-state index in [0.29, 0.717) is 11.8 Å². The number of hydrogen-bond acceptors (Lipinski definition) is 2. The van der Waals surface area contributed by atoms with Gasteiger partial charge in [-0.25, -0.2) is 0 Å². The van der Waals surface area contributed by atoms with E-state index in [9.17, 15) is 4.79 Å². The molecule has 1 aromatic rings. The standard InChI is InChI=1S/C19H29NO/c1-4-18(21)16-7-9-17(10-8-16)20-14-19(13-15(2)3)11-5-6-12-19/h7-10,15,20H,4-6,11-14H2,1-3H3. The SMILES string of the molecule is CCC(=O)c1ccc(NCC2(CC(C)C)CCCC2)cc1. The molecule has 0 aliphatic heterocycles. The molecule has 1 N–H and O–H groups in total. The van der Waals surface area contributed by atoms with Crippen LogP contribution in [0.25, 0.3) is 0 Å². The third-order valence-electron chi connectivity index (χ3n) is 4.70. The van der Waals surface area contributed by atoms with E-state index in [1.807, 2.05) is 31.2 Å². The predicted octanol–water partition coefficient (Wildman–Crippen LogP) is 5.30. The van der Waals surface area contributed by atoms with Crippen LogP contribution < -0.4 is 5.32 Å². The molecule has 2 heteroatoms. The number of ketones is 1. The highest BCUT2D eigenvalue weighted by Crippen LogP contribution is 2.43. The van der Waals surface area contributed by atoms with Crippen LogP contribution in [0.3, 0.4) is 0 Å². The molecule has 1 fully saturated rings. The molecular formula is C19H29NO. The molecular weight excluding hydrogens is 258 g/mol. The van der Waals surface area contributed by atoms with Gasteiger partial charge in [0, 0.05) is 24.2 Å². The first kappa shape index (κ1) is 16.1. The number of anilines is 1. The summed E-state index contributed by atoms with van der Waals surface area (Å²) in [5.41, 5.74) is 2.44. The van der Waals surface area contributed by atoms with Crippen molar-refractivity contribution in [1.29, 1.82) is 0 Å². The lowest BCUT2D eigenvalue weighted by molar-refractivity contribution is 0.0988. The number of carbonyl (C=O) groups is 1. The number of benzene rings is 1. The van der Waals surface area contributed by atoms with Crippen LogP contribution in [0.2, 0.25) is 0 Å². The number of rotatable bonds is 7. The molecule has 0 bridgehead atoms. The molecule has 1 aromatic carbocycles. The molecule has 0 radical (unpaired) electrons. The van der Waals surface area contributed by atoms with Crippen molar-refractivity contribution in [2.24, 2.45) is 11.3 Å². The van der Waals surface area contributed by atoms with Gasteiger partial charge < -0.3 is 5.32 Å². The lowest BCUT2D eigenvalue weighted by atomic mass is 9.78. The maximum atomic E-state index is 11.6. The normalized spacial score (nSPS) is 17.1. The number of Topliss-reactive ketones (excluding diaryl/α,β-unsaturated/α-hetero) is 1. The zero-order valence-electron chi connectivity index (χ0n) is 13.7. The Morgan fingerprint density at radius 3 is 2.33 bits per heavy atom. The van der Waals surface area contributed by atoms with E-state index < -0.39 is 0 Å². The lowest BCUT2D eigenvalue weighted by Gasteiger charge is -2.31. The lowest BCUT2D eigenvalue weighted by Crippen LogP contribution is -2.28. The third kappa shape index (κ3) is 4.33. The summed E-state index contributed by atoms with van der Waals surface area (Å²) < 4.78 is 0. The minimum atomic E-state index is 0.216. The summed E-state index contributed by atoms with van der Waals surface area (Å²) in [5.74, 6) is 0.975. The molecule has 0 unspecified atom stereocenters. The molecule has 0 saturated heterocycles. The van der Waals surface area contributed by atoms with Crippen molar-refractivity contribution in [3.8, 4) is 0 Å². The Bertz CT molecular complexity index is 455. The second-order valence-corrected chi connectivity index (χ2v) is 7.01. The van der Waals surface area contributed by atoms with Crippen molar-refractivity contribution in [3.63, 3.8) is 0 Å². The monoisotopic (exact) mass is 287 g/mol. The van der Waals surface area contributed by atoms with E-state index in [-0.39, 0.29) is 5.78 Å². The van der Waals surface area contributed by atoms with Crippen LogP contribution in [0.1, 0.15) is 69.7 Å². The van der Waals surface area contributed by atoms with Gasteiger partial charge in [-0.05, 0) is 54.9 Å². The van der Waals surface area contributed by atoms with Gasteiger partial charge in [-0.15, -0.1) is 0 Å². The highest BCUT2D eigenvalue weighted by Gasteiger charge is 2.34. The molecule has 1 aliphatic carbocycles. The van der Waals surface area contributed by atoms with Gasteiger partial charge in [0.15, 0.2) is 5.78 Å². The average Bonchev–Trinajstić information content (AvgIpc) is 2.93. The van der Waals surface area contributed by atoms with Gasteiger partial charge in [-0.1, -0.05) is 33.6 Å². The van der Waals surface area contributed by atoms with E-state index in [1.54, 1.807) is 0 Å². The van der Waals surface area contributed by atoms with Gasteiger partial charge >= 0.3 is 0 Å². The molecule has 0 heterocycles. The smallest absolute Gasteiger partial charge is 0.162 e. The Balaban J connectivity index is 1.96. The Kier molecular flexibility index (Phi) is 5.44. The van der Waals surface area contributed by atoms with Gasteiger partial charge in [0.05, 0.1) is 0 Å². The molecule has 0 aromatic heterocycles. The first-order valence-corrected chi connectivity index (χ1v) is 8.42. The van der Waals surface area contributed by atoms with Crippen molar-refractivity contribution >= 4 is 11.5 Å². The highest BCUT2D eigenvalue weighted by atomic mass is 16.1. The van der Waals surface area contributed by atoms with Gasteiger partial charge in [0.2, 0.25) is 0 Å². The second-order valence-electron chi connectivity index (χ2n) is 7.01. The maximum absolute atomic E-state index is 11.6. The summed E-state index contributed by atoms with van der Waals surface area (Å²) in [5, 5.41) is 3.61. The Morgan fingerprint density at radius 2 is 1.81 bits per heavy atom. The van der Waals surface area contributed by atoms with Crippen LogP contribution in [0.5, 0.6) is 0 Å². The fourth-order valence-electron chi connectivity index (χ4n) is 3.71. The van der Waals surface area contributed by atoms with Crippen LogP contribution in [0.4, 0.5) is 5.69 Å². The van der Waals surface area contributed by atoms with Crippen molar-refractivity contribution in [1.82, 2.24) is 0 Å². The second kappa shape index (κ2) is 7.11. The maximum Gasteiger partial charge on any atom is 0.162 e. The minimum Gasteiger partial charge on any atom is -0.384 e. The van der Waals surface area contributed by atoms with Crippen molar-refractivity contribution in [3.05, 3.63) is 29.8 Å². The molecule has 0 atom stereocenters. The fraction of sp³-hybridized carbons (Fsp3) is 0.632. The average molecular weight is 287 g/mol. The van der Waals surface area contributed by atoms with Crippen LogP contribution in [-0.2, 0) is 0 Å². The number of hydrogen-bond donors (Lipinski definition) is 1. The number of nitrogens with one attached hydrogen (secondary N) is 1.